The van der Waals surface area contributed by atoms with E-state index in [1.54, 1.807) is 4.57 Å². The number of fused-ring (bicyclic) bond motifs is 1. The summed E-state index contributed by atoms with van der Waals surface area (Å²) in [5, 5.41) is 1.29. The average Bonchev–Trinajstić information content (AvgIpc) is 3.14. The van der Waals surface area contributed by atoms with Crippen molar-refractivity contribution in [3.8, 4) is 0 Å². The normalized spacial score (nSPS) is 14.5. The molecule has 0 N–H and O–H groups in total. The first kappa shape index (κ1) is 17.0. The molecule has 0 bridgehead atoms. The standard InChI is InChI=1S/C18H23N3O2S/c1-2-3-12-21-17(23)14-8-4-5-9-15(14)19-18(21)24-13-16(22)20-10-6-7-11-20/h4-5,8-9H,2-3,6-7,10-13H2,1H3. The van der Waals surface area contributed by atoms with Gasteiger partial charge in [0.1, 0.15) is 0 Å². The molecule has 1 amide bonds. The zero-order valence-electron chi connectivity index (χ0n) is 14.0. The smallest absolute Gasteiger partial charge is 0.262 e. The quantitative estimate of drug-likeness (QED) is 0.597. The fourth-order valence-electron chi connectivity index (χ4n) is 2.96. The Morgan fingerprint density at radius 1 is 1.25 bits per heavy atom. The Bertz CT molecular complexity index is 781. The van der Waals surface area contributed by atoms with Crippen LogP contribution in [-0.4, -0.2) is 39.2 Å². The molecule has 128 valence electrons. The molecule has 2 aromatic rings. The minimum Gasteiger partial charge on any atom is -0.342 e. The van der Waals surface area contributed by atoms with Crippen LogP contribution in [0.4, 0.5) is 0 Å². The number of hydrogen-bond donors (Lipinski definition) is 0. The third-order valence-corrected chi connectivity index (χ3v) is 5.31. The summed E-state index contributed by atoms with van der Waals surface area (Å²) in [6.07, 6.45) is 4.11. The van der Waals surface area contributed by atoms with Crippen molar-refractivity contribution in [3.63, 3.8) is 0 Å². The SMILES string of the molecule is CCCCn1c(SCC(=O)N2CCCC2)nc2ccccc2c1=O. The zero-order valence-corrected chi connectivity index (χ0v) is 14.8. The van der Waals surface area contributed by atoms with Crippen molar-refractivity contribution in [2.45, 2.75) is 44.3 Å². The lowest BCUT2D eigenvalue weighted by molar-refractivity contribution is -0.127. The molecule has 2 heterocycles. The van der Waals surface area contributed by atoms with Crippen molar-refractivity contribution in [1.82, 2.24) is 14.5 Å². The molecule has 0 atom stereocenters. The number of hydrogen-bond acceptors (Lipinski definition) is 4. The number of rotatable bonds is 6. The van der Waals surface area contributed by atoms with Crippen molar-refractivity contribution in [2.24, 2.45) is 0 Å². The molecule has 0 aliphatic carbocycles. The lowest BCUT2D eigenvalue weighted by atomic mass is 10.2. The van der Waals surface area contributed by atoms with Gasteiger partial charge >= 0.3 is 0 Å². The monoisotopic (exact) mass is 345 g/mol. The first-order valence-electron chi connectivity index (χ1n) is 8.61. The summed E-state index contributed by atoms with van der Waals surface area (Å²) in [4.78, 5) is 31.6. The second kappa shape index (κ2) is 7.83. The van der Waals surface area contributed by atoms with Crippen LogP contribution in [-0.2, 0) is 11.3 Å². The fraction of sp³-hybridized carbons (Fsp3) is 0.500. The molecule has 1 aliphatic rings. The molecule has 0 unspecified atom stereocenters. The summed E-state index contributed by atoms with van der Waals surface area (Å²) in [5.41, 5.74) is 0.691. The molecule has 1 fully saturated rings. The summed E-state index contributed by atoms with van der Waals surface area (Å²) in [7, 11) is 0. The van der Waals surface area contributed by atoms with Crippen molar-refractivity contribution >= 4 is 28.6 Å². The second-order valence-corrected chi connectivity index (χ2v) is 7.04. The van der Waals surface area contributed by atoms with E-state index in [1.165, 1.54) is 11.8 Å². The van der Waals surface area contributed by atoms with Crippen LogP contribution < -0.4 is 5.56 Å². The van der Waals surface area contributed by atoms with Gasteiger partial charge in [-0.25, -0.2) is 4.98 Å². The Labute approximate surface area is 146 Å². The van der Waals surface area contributed by atoms with E-state index >= 15 is 0 Å². The van der Waals surface area contributed by atoms with Crippen LogP contribution in [0.2, 0.25) is 0 Å². The van der Waals surface area contributed by atoms with E-state index in [0.717, 1.165) is 38.8 Å². The predicted octanol–water partition coefficient (Wildman–Crippen LogP) is 2.91. The predicted molar refractivity (Wildman–Crippen MR) is 97.4 cm³/mol. The van der Waals surface area contributed by atoms with E-state index in [-0.39, 0.29) is 11.5 Å². The summed E-state index contributed by atoms with van der Waals surface area (Å²) in [6.45, 7) is 4.46. The van der Waals surface area contributed by atoms with E-state index in [9.17, 15) is 9.59 Å². The van der Waals surface area contributed by atoms with Gasteiger partial charge in [-0.3, -0.25) is 14.2 Å². The molecule has 1 aliphatic heterocycles. The van der Waals surface area contributed by atoms with Gasteiger partial charge in [0.2, 0.25) is 5.91 Å². The number of carbonyl (C=O) groups excluding carboxylic acids is 1. The van der Waals surface area contributed by atoms with Crippen molar-refractivity contribution < 1.29 is 4.79 Å². The minimum atomic E-state index is -0.00910. The molecule has 0 saturated carbocycles. The van der Waals surface area contributed by atoms with Gasteiger partial charge in [-0.05, 0) is 31.4 Å². The molecule has 24 heavy (non-hydrogen) atoms. The highest BCUT2D eigenvalue weighted by Gasteiger charge is 2.19. The molecular weight excluding hydrogens is 322 g/mol. The largest absolute Gasteiger partial charge is 0.342 e. The number of unbranched alkanes of at least 4 members (excludes halogenated alkanes) is 1. The van der Waals surface area contributed by atoms with Crippen LogP contribution in [0.15, 0.2) is 34.2 Å². The molecule has 0 radical (unpaired) electrons. The number of thioether (sulfide) groups is 1. The maximum atomic E-state index is 12.8. The van der Waals surface area contributed by atoms with Crippen LogP contribution >= 0.6 is 11.8 Å². The molecule has 5 nitrogen and oxygen atoms in total. The maximum absolute atomic E-state index is 12.8. The van der Waals surface area contributed by atoms with Gasteiger partial charge in [0.15, 0.2) is 5.16 Å². The van der Waals surface area contributed by atoms with Gasteiger partial charge < -0.3 is 4.90 Å². The lowest BCUT2D eigenvalue weighted by Crippen LogP contribution is -2.30. The molecule has 1 aromatic heterocycles. The van der Waals surface area contributed by atoms with Gasteiger partial charge in [0.05, 0.1) is 16.7 Å². The van der Waals surface area contributed by atoms with E-state index in [1.807, 2.05) is 29.2 Å². The van der Waals surface area contributed by atoms with Gasteiger partial charge in [0, 0.05) is 19.6 Å². The number of likely N-dealkylation sites (tertiary alicyclic amines) is 1. The number of para-hydroxylation sites is 1. The van der Waals surface area contributed by atoms with Crippen molar-refractivity contribution in [3.05, 3.63) is 34.6 Å². The number of nitrogens with zero attached hydrogens (tertiary/aromatic N) is 3. The third-order valence-electron chi connectivity index (χ3n) is 4.35. The van der Waals surface area contributed by atoms with Gasteiger partial charge in [0.25, 0.3) is 5.56 Å². The summed E-state index contributed by atoms with van der Waals surface area (Å²) in [5.74, 6) is 0.485. The third kappa shape index (κ3) is 3.64. The maximum Gasteiger partial charge on any atom is 0.262 e. The molecular formula is C18H23N3O2S. The van der Waals surface area contributed by atoms with Gasteiger partial charge in [-0.2, -0.15) is 0 Å². The highest BCUT2D eigenvalue weighted by Crippen LogP contribution is 2.20. The number of aromatic nitrogens is 2. The Morgan fingerprint density at radius 2 is 2.00 bits per heavy atom. The molecule has 1 aromatic carbocycles. The fourth-order valence-corrected chi connectivity index (χ4v) is 3.88. The Morgan fingerprint density at radius 3 is 2.75 bits per heavy atom. The number of carbonyl (C=O) groups is 1. The summed E-state index contributed by atoms with van der Waals surface area (Å²) < 4.78 is 1.73. The van der Waals surface area contributed by atoms with E-state index < -0.39 is 0 Å². The van der Waals surface area contributed by atoms with E-state index in [4.69, 9.17) is 0 Å². The molecule has 1 saturated heterocycles. The Kier molecular flexibility index (Phi) is 5.56. The van der Waals surface area contributed by atoms with Crippen molar-refractivity contribution in [1.29, 1.82) is 0 Å². The van der Waals surface area contributed by atoms with E-state index in [2.05, 4.69) is 11.9 Å². The summed E-state index contributed by atoms with van der Waals surface area (Å²) >= 11 is 1.38. The minimum absolute atomic E-state index is 0.00910. The highest BCUT2D eigenvalue weighted by molar-refractivity contribution is 7.99. The number of benzene rings is 1. The van der Waals surface area contributed by atoms with Crippen LogP contribution in [0.25, 0.3) is 10.9 Å². The first-order valence-corrected chi connectivity index (χ1v) is 9.59. The summed E-state index contributed by atoms with van der Waals surface area (Å²) in [6, 6.07) is 7.42. The first-order chi connectivity index (χ1) is 11.7. The Balaban J connectivity index is 1.86. The zero-order chi connectivity index (χ0) is 16.9. The molecule has 3 rings (SSSR count). The highest BCUT2D eigenvalue weighted by atomic mass is 32.2. The van der Waals surface area contributed by atoms with E-state index in [0.29, 0.717) is 28.4 Å². The van der Waals surface area contributed by atoms with Gasteiger partial charge in [-0.15, -0.1) is 0 Å². The molecule has 0 spiro atoms. The van der Waals surface area contributed by atoms with Crippen LogP contribution in [0.3, 0.4) is 0 Å². The Hall–Kier alpha value is -1.82. The van der Waals surface area contributed by atoms with Crippen molar-refractivity contribution in [2.75, 3.05) is 18.8 Å². The van der Waals surface area contributed by atoms with Gasteiger partial charge in [-0.1, -0.05) is 37.2 Å². The molecule has 6 heteroatoms. The topological polar surface area (TPSA) is 55.2 Å². The lowest BCUT2D eigenvalue weighted by Gasteiger charge is -2.16. The number of amides is 1. The second-order valence-electron chi connectivity index (χ2n) is 6.10. The van der Waals surface area contributed by atoms with Crippen LogP contribution in [0.1, 0.15) is 32.6 Å². The van der Waals surface area contributed by atoms with Crippen LogP contribution in [0, 0.1) is 0 Å². The van der Waals surface area contributed by atoms with Crippen LogP contribution in [0.5, 0.6) is 0 Å². The average molecular weight is 345 g/mol.